The Hall–Kier alpha value is -1.07. The number of aromatic nitrogens is 1. The quantitative estimate of drug-likeness (QED) is 0.792. The van der Waals surface area contributed by atoms with Crippen molar-refractivity contribution in [3.63, 3.8) is 0 Å². The van der Waals surface area contributed by atoms with Gasteiger partial charge in [-0.25, -0.2) is 8.78 Å². The molecule has 76 valence electrons. The molecule has 1 rings (SSSR count). The number of nitrogens with two attached hydrogens (primary N) is 1. The predicted molar refractivity (Wildman–Crippen MR) is 47.5 cm³/mol. The maximum Gasteiger partial charge on any atom is 0.266 e. The molecular formula is C8H7ClF2N2O. The van der Waals surface area contributed by atoms with Crippen molar-refractivity contribution in [3.05, 3.63) is 28.0 Å². The fraction of sp³-hybridized carbons (Fsp3) is 0.250. The molecule has 14 heavy (non-hydrogen) atoms. The van der Waals surface area contributed by atoms with Crippen LogP contribution < -0.4 is 5.73 Å². The van der Waals surface area contributed by atoms with E-state index in [1.807, 2.05) is 0 Å². The Morgan fingerprint density at radius 1 is 1.64 bits per heavy atom. The van der Waals surface area contributed by atoms with E-state index in [0.717, 1.165) is 6.20 Å². The maximum absolute atomic E-state index is 12.3. The van der Waals surface area contributed by atoms with E-state index in [1.54, 1.807) is 0 Å². The molecule has 0 aliphatic rings. The molecule has 0 saturated heterocycles. The molecule has 2 N–H and O–H groups in total. The number of rotatable bonds is 3. The molecule has 6 heteroatoms. The van der Waals surface area contributed by atoms with Crippen molar-refractivity contribution in [1.29, 1.82) is 0 Å². The van der Waals surface area contributed by atoms with E-state index >= 15 is 0 Å². The summed E-state index contributed by atoms with van der Waals surface area (Å²) in [6.07, 6.45) is -1.40. The van der Waals surface area contributed by atoms with Crippen molar-refractivity contribution in [3.8, 4) is 0 Å². The lowest BCUT2D eigenvalue weighted by Crippen LogP contribution is -2.06. The van der Waals surface area contributed by atoms with Crippen LogP contribution in [-0.2, 0) is 6.54 Å². The summed E-state index contributed by atoms with van der Waals surface area (Å²) in [7, 11) is 0. The first-order chi connectivity index (χ1) is 6.61. The van der Waals surface area contributed by atoms with Crippen LogP contribution in [0.25, 0.3) is 0 Å². The summed E-state index contributed by atoms with van der Waals surface area (Å²) in [4.78, 5) is 14.0. The summed E-state index contributed by atoms with van der Waals surface area (Å²) in [5.41, 5.74) is 5.02. The van der Waals surface area contributed by atoms with Crippen LogP contribution in [-0.4, -0.2) is 11.3 Å². The molecular weight excluding hydrogens is 214 g/mol. The Balaban J connectivity index is 3.34. The van der Waals surface area contributed by atoms with Crippen molar-refractivity contribution >= 4 is 17.9 Å². The normalized spacial score (nSPS) is 10.6. The summed E-state index contributed by atoms with van der Waals surface area (Å²) in [6.45, 7) is -0.0968. The number of carbonyl (C=O) groups excluding carboxylic acids is 1. The maximum atomic E-state index is 12.3. The third-order valence-electron chi connectivity index (χ3n) is 1.72. The Morgan fingerprint density at radius 3 is 2.71 bits per heavy atom. The van der Waals surface area contributed by atoms with E-state index in [-0.39, 0.29) is 22.8 Å². The molecule has 1 aromatic rings. The number of carbonyl (C=O) groups is 1. The highest BCUT2D eigenvalue weighted by molar-refractivity contribution is 6.32. The summed E-state index contributed by atoms with van der Waals surface area (Å²) in [5, 5.41) is -0.181. The average Bonchev–Trinajstić information content (AvgIpc) is 2.16. The third-order valence-corrected chi connectivity index (χ3v) is 2.17. The van der Waals surface area contributed by atoms with E-state index in [2.05, 4.69) is 4.98 Å². The van der Waals surface area contributed by atoms with Gasteiger partial charge in [0.05, 0.1) is 10.6 Å². The molecule has 0 aliphatic heterocycles. The number of hydrogen-bond acceptors (Lipinski definition) is 3. The average molecular weight is 221 g/mol. The fourth-order valence-corrected chi connectivity index (χ4v) is 1.31. The Labute approximate surface area is 83.9 Å². The first-order valence-electron chi connectivity index (χ1n) is 3.72. The minimum atomic E-state index is -2.72. The van der Waals surface area contributed by atoms with E-state index in [4.69, 9.17) is 17.3 Å². The fourth-order valence-electron chi connectivity index (χ4n) is 1.01. The topological polar surface area (TPSA) is 56.0 Å². The number of nitrogens with zero attached hydrogens (tertiary/aromatic N) is 1. The van der Waals surface area contributed by atoms with Gasteiger partial charge in [0.1, 0.15) is 5.69 Å². The lowest BCUT2D eigenvalue weighted by Gasteiger charge is -2.08. The molecule has 0 bridgehead atoms. The largest absolute Gasteiger partial charge is 0.326 e. The van der Waals surface area contributed by atoms with Crippen LogP contribution in [0.1, 0.15) is 28.0 Å². The summed E-state index contributed by atoms with van der Waals surface area (Å²) >= 11 is 5.63. The molecule has 0 fully saturated rings. The summed E-state index contributed by atoms with van der Waals surface area (Å²) in [5.74, 6) is 0. The molecule has 0 amide bonds. The molecule has 0 saturated carbocycles. The molecule has 0 unspecified atom stereocenters. The predicted octanol–water partition coefficient (Wildman–Crippen LogP) is 1.94. The lowest BCUT2D eigenvalue weighted by molar-refractivity contribution is 0.111. The van der Waals surface area contributed by atoms with E-state index in [9.17, 15) is 13.6 Å². The van der Waals surface area contributed by atoms with Gasteiger partial charge in [0.15, 0.2) is 6.29 Å². The van der Waals surface area contributed by atoms with Crippen molar-refractivity contribution in [1.82, 2.24) is 4.98 Å². The molecule has 0 radical (unpaired) electrons. The highest BCUT2D eigenvalue weighted by atomic mass is 35.5. The monoisotopic (exact) mass is 220 g/mol. The molecule has 0 aliphatic carbocycles. The molecule has 0 aromatic carbocycles. The van der Waals surface area contributed by atoms with Crippen LogP contribution in [0.2, 0.25) is 5.02 Å². The third kappa shape index (κ3) is 1.88. The van der Waals surface area contributed by atoms with Crippen LogP contribution in [0.5, 0.6) is 0 Å². The van der Waals surface area contributed by atoms with Crippen molar-refractivity contribution in [2.75, 3.05) is 0 Å². The first kappa shape index (κ1) is 11.0. The minimum absolute atomic E-state index is 0.00176. The van der Waals surface area contributed by atoms with Crippen LogP contribution >= 0.6 is 11.6 Å². The van der Waals surface area contributed by atoms with Gasteiger partial charge in [-0.1, -0.05) is 11.6 Å². The highest BCUT2D eigenvalue weighted by Crippen LogP contribution is 2.29. The number of hydrogen-bond donors (Lipinski definition) is 1. The van der Waals surface area contributed by atoms with Gasteiger partial charge in [-0.2, -0.15) is 0 Å². The van der Waals surface area contributed by atoms with E-state index in [1.165, 1.54) is 0 Å². The van der Waals surface area contributed by atoms with Gasteiger partial charge in [0.2, 0.25) is 0 Å². The van der Waals surface area contributed by atoms with Crippen molar-refractivity contribution in [2.45, 2.75) is 13.0 Å². The second-order valence-electron chi connectivity index (χ2n) is 2.51. The van der Waals surface area contributed by atoms with Gasteiger partial charge in [-0.3, -0.25) is 9.78 Å². The highest BCUT2D eigenvalue weighted by Gasteiger charge is 2.17. The van der Waals surface area contributed by atoms with Gasteiger partial charge < -0.3 is 5.73 Å². The van der Waals surface area contributed by atoms with Gasteiger partial charge in [0, 0.05) is 18.3 Å². The Morgan fingerprint density at radius 2 is 2.29 bits per heavy atom. The zero-order chi connectivity index (χ0) is 10.7. The SMILES string of the molecule is NCc1c(C=O)ncc(C(F)F)c1Cl. The van der Waals surface area contributed by atoms with Gasteiger partial charge in [0.25, 0.3) is 6.43 Å². The smallest absolute Gasteiger partial charge is 0.266 e. The Kier molecular flexibility index (Phi) is 3.49. The Bertz CT molecular complexity index is 357. The second-order valence-corrected chi connectivity index (χ2v) is 2.89. The van der Waals surface area contributed by atoms with Crippen molar-refractivity contribution in [2.24, 2.45) is 5.73 Å². The standard InChI is InChI=1S/C8H7ClF2N2O/c9-7-4(1-12)6(3-14)13-2-5(7)8(10)11/h2-3,8H,1,12H2. The summed E-state index contributed by atoms with van der Waals surface area (Å²) < 4.78 is 24.7. The van der Waals surface area contributed by atoms with Gasteiger partial charge >= 0.3 is 0 Å². The number of halogens is 3. The number of pyridine rings is 1. The molecule has 1 heterocycles. The second kappa shape index (κ2) is 4.43. The van der Waals surface area contributed by atoms with E-state index < -0.39 is 12.0 Å². The minimum Gasteiger partial charge on any atom is -0.326 e. The van der Waals surface area contributed by atoms with Crippen LogP contribution in [0, 0.1) is 0 Å². The van der Waals surface area contributed by atoms with Crippen LogP contribution in [0.4, 0.5) is 8.78 Å². The zero-order valence-electron chi connectivity index (χ0n) is 7.01. The van der Waals surface area contributed by atoms with Crippen LogP contribution in [0.3, 0.4) is 0 Å². The lowest BCUT2D eigenvalue weighted by atomic mass is 10.1. The zero-order valence-corrected chi connectivity index (χ0v) is 7.76. The number of aldehydes is 1. The molecule has 3 nitrogen and oxygen atoms in total. The first-order valence-corrected chi connectivity index (χ1v) is 4.10. The van der Waals surface area contributed by atoms with Gasteiger partial charge in [-0.15, -0.1) is 0 Å². The summed E-state index contributed by atoms with van der Waals surface area (Å²) in [6, 6.07) is 0. The molecule has 0 atom stereocenters. The van der Waals surface area contributed by atoms with Gasteiger partial charge in [-0.05, 0) is 0 Å². The van der Waals surface area contributed by atoms with E-state index in [0.29, 0.717) is 6.29 Å². The molecule has 0 spiro atoms. The van der Waals surface area contributed by atoms with Crippen molar-refractivity contribution < 1.29 is 13.6 Å². The van der Waals surface area contributed by atoms with Crippen LogP contribution in [0.15, 0.2) is 6.20 Å². The number of alkyl halides is 2. The molecule has 1 aromatic heterocycles.